The van der Waals surface area contributed by atoms with Gasteiger partial charge in [0.05, 0.1) is 13.1 Å². The van der Waals surface area contributed by atoms with E-state index >= 15 is 0 Å². The molecule has 2 aromatic carbocycles. The zero-order valence-corrected chi connectivity index (χ0v) is 14.8. The van der Waals surface area contributed by atoms with Gasteiger partial charge in [0, 0.05) is 17.0 Å². The van der Waals surface area contributed by atoms with Crippen LogP contribution in [0, 0.1) is 0 Å². The summed E-state index contributed by atoms with van der Waals surface area (Å²) in [6, 6.07) is 19.9. The Morgan fingerprint density at radius 3 is 2.50 bits per heavy atom. The molecular weight excluding hydrogens is 358 g/mol. The van der Waals surface area contributed by atoms with Crippen LogP contribution in [-0.4, -0.2) is 23.5 Å². The van der Waals surface area contributed by atoms with Crippen LogP contribution in [0.4, 0.5) is 0 Å². The topological polar surface area (TPSA) is 97.4 Å². The first-order valence-corrected chi connectivity index (χ1v) is 8.73. The highest BCUT2D eigenvalue weighted by Gasteiger charge is 2.13. The Kier molecular flexibility index (Phi) is 4.88. The Hall–Kier alpha value is -3.87. The lowest BCUT2D eigenvalue weighted by Gasteiger charge is -2.05. The maximum Gasteiger partial charge on any atom is 0.251 e. The highest BCUT2D eigenvalue weighted by Crippen LogP contribution is 2.28. The lowest BCUT2D eigenvalue weighted by atomic mass is 10.2. The Morgan fingerprint density at radius 2 is 1.68 bits per heavy atom. The van der Waals surface area contributed by atoms with Crippen LogP contribution >= 0.6 is 0 Å². The molecule has 0 saturated heterocycles. The second-order valence-electron chi connectivity index (χ2n) is 6.16. The highest BCUT2D eigenvalue weighted by atomic mass is 16.5. The summed E-state index contributed by atoms with van der Waals surface area (Å²) in [7, 11) is 0. The monoisotopic (exact) mass is 375 g/mol. The number of hydrogen-bond acceptors (Lipinski definition) is 5. The van der Waals surface area contributed by atoms with E-state index in [1.54, 1.807) is 30.3 Å². The summed E-state index contributed by atoms with van der Waals surface area (Å²) < 4.78 is 11.0. The third-order valence-electron chi connectivity index (χ3n) is 4.14. The maximum atomic E-state index is 11.9. The standard InChI is InChI=1S/C21H17N3O4/c25-20(13-23-21(26)14-6-2-1-3-7-14)22-12-16-11-19(28-24-16)18-10-15-8-4-5-9-17(15)27-18/h1-11H,12-13H2,(H,22,25)(H,23,26). The molecule has 2 amide bonds. The molecule has 7 nitrogen and oxygen atoms in total. The van der Waals surface area contributed by atoms with E-state index in [2.05, 4.69) is 15.8 Å². The maximum absolute atomic E-state index is 11.9. The first-order valence-electron chi connectivity index (χ1n) is 8.73. The van der Waals surface area contributed by atoms with Crippen molar-refractivity contribution in [2.75, 3.05) is 6.54 Å². The summed E-state index contributed by atoms with van der Waals surface area (Å²) in [6.07, 6.45) is 0. The SMILES string of the molecule is O=C(CNC(=O)c1ccccc1)NCc1cc(-c2cc3ccccc3o2)on1. The fraction of sp³-hybridized carbons (Fsp3) is 0.0952. The van der Waals surface area contributed by atoms with Gasteiger partial charge >= 0.3 is 0 Å². The lowest BCUT2D eigenvalue weighted by molar-refractivity contribution is -0.120. The zero-order valence-electron chi connectivity index (χ0n) is 14.8. The predicted molar refractivity (Wildman–Crippen MR) is 102 cm³/mol. The smallest absolute Gasteiger partial charge is 0.251 e. The molecule has 0 atom stereocenters. The Bertz CT molecular complexity index is 1080. The van der Waals surface area contributed by atoms with Crippen molar-refractivity contribution in [1.29, 1.82) is 0 Å². The minimum atomic E-state index is -0.322. The molecule has 2 N–H and O–H groups in total. The molecule has 0 saturated carbocycles. The molecule has 2 heterocycles. The van der Waals surface area contributed by atoms with Crippen LogP contribution in [-0.2, 0) is 11.3 Å². The predicted octanol–water partition coefficient (Wildman–Crippen LogP) is 3.13. The van der Waals surface area contributed by atoms with Crippen LogP contribution in [0.3, 0.4) is 0 Å². The van der Waals surface area contributed by atoms with Gasteiger partial charge in [-0.3, -0.25) is 9.59 Å². The third kappa shape index (κ3) is 3.93. The first-order chi connectivity index (χ1) is 13.7. The van der Waals surface area contributed by atoms with Gasteiger partial charge < -0.3 is 19.6 Å². The fourth-order valence-corrected chi connectivity index (χ4v) is 2.72. The molecule has 7 heteroatoms. The van der Waals surface area contributed by atoms with Crippen LogP contribution in [0.25, 0.3) is 22.5 Å². The average molecular weight is 375 g/mol. The number of aromatic nitrogens is 1. The molecular formula is C21H17N3O4. The molecule has 0 radical (unpaired) electrons. The fourth-order valence-electron chi connectivity index (χ4n) is 2.72. The van der Waals surface area contributed by atoms with Crippen molar-refractivity contribution in [3.63, 3.8) is 0 Å². The number of hydrogen-bond donors (Lipinski definition) is 2. The zero-order chi connectivity index (χ0) is 19.3. The number of para-hydroxylation sites is 1. The van der Waals surface area contributed by atoms with Crippen molar-refractivity contribution in [3.05, 3.63) is 78.0 Å². The summed E-state index contributed by atoms with van der Waals surface area (Å²) in [5.74, 6) is 0.432. The van der Waals surface area contributed by atoms with Crippen molar-refractivity contribution in [1.82, 2.24) is 15.8 Å². The van der Waals surface area contributed by atoms with Gasteiger partial charge in [-0.15, -0.1) is 0 Å². The molecule has 4 rings (SSSR count). The first kappa shape index (κ1) is 17.5. The number of rotatable bonds is 6. The Morgan fingerprint density at radius 1 is 0.893 bits per heavy atom. The molecule has 0 aliphatic heterocycles. The molecule has 0 bridgehead atoms. The summed E-state index contributed by atoms with van der Waals surface area (Å²) in [4.78, 5) is 23.9. The molecule has 4 aromatic rings. The van der Waals surface area contributed by atoms with Crippen molar-refractivity contribution in [3.8, 4) is 11.5 Å². The van der Waals surface area contributed by atoms with E-state index in [4.69, 9.17) is 8.94 Å². The van der Waals surface area contributed by atoms with Gasteiger partial charge in [0.2, 0.25) is 11.7 Å². The largest absolute Gasteiger partial charge is 0.453 e. The highest BCUT2D eigenvalue weighted by molar-refractivity contribution is 5.96. The molecule has 0 spiro atoms. The minimum Gasteiger partial charge on any atom is -0.453 e. The van der Waals surface area contributed by atoms with Gasteiger partial charge in [0.15, 0.2) is 5.76 Å². The normalized spacial score (nSPS) is 10.7. The Labute approximate surface area is 160 Å². The number of amides is 2. The van der Waals surface area contributed by atoms with Gasteiger partial charge in [0.25, 0.3) is 5.91 Å². The van der Waals surface area contributed by atoms with E-state index < -0.39 is 0 Å². The summed E-state index contributed by atoms with van der Waals surface area (Å²) in [5.41, 5.74) is 1.82. The van der Waals surface area contributed by atoms with Crippen LogP contribution in [0.5, 0.6) is 0 Å². The third-order valence-corrected chi connectivity index (χ3v) is 4.14. The number of carbonyl (C=O) groups excluding carboxylic acids is 2. The lowest BCUT2D eigenvalue weighted by Crippen LogP contribution is -2.36. The Balaban J connectivity index is 1.30. The second-order valence-corrected chi connectivity index (χ2v) is 6.16. The van der Waals surface area contributed by atoms with E-state index in [1.165, 1.54) is 0 Å². The average Bonchev–Trinajstić information content (AvgIpc) is 3.37. The van der Waals surface area contributed by atoms with E-state index in [-0.39, 0.29) is 24.9 Å². The molecule has 0 unspecified atom stereocenters. The van der Waals surface area contributed by atoms with Crippen LogP contribution in [0.15, 0.2) is 75.7 Å². The number of nitrogens with zero attached hydrogens (tertiary/aromatic N) is 1. The van der Waals surface area contributed by atoms with Gasteiger partial charge in [-0.2, -0.15) is 0 Å². The van der Waals surface area contributed by atoms with Gasteiger partial charge in [-0.05, 0) is 24.3 Å². The van der Waals surface area contributed by atoms with E-state index in [0.717, 1.165) is 11.0 Å². The quantitative estimate of drug-likeness (QED) is 0.540. The summed E-state index contributed by atoms with van der Waals surface area (Å²) >= 11 is 0. The number of carbonyl (C=O) groups is 2. The summed E-state index contributed by atoms with van der Waals surface area (Å²) in [5, 5.41) is 10.2. The molecule has 140 valence electrons. The number of furan rings is 1. The van der Waals surface area contributed by atoms with Crippen molar-refractivity contribution >= 4 is 22.8 Å². The van der Waals surface area contributed by atoms with Crippen molar-refractivity contribution in [2.45, 2.75) is 6.54 Å². The van der Waals surface area contributed by atoms with Crippen LogP contribution in [0.2, 0.25) is 0 Å². The van der Waals surface area contributed by atoms with Gasteiger partial charge in [-0.25, -0.2) is 0 Å². The van der Waals surface area contributed by atoms with Crippen LogP contribution in [0.1, 0.15) is 16.1 Å². The molecule has 0 aliphatic carbocycles. The van der Waals surface area contributed by atoms with Gasteiger partial charge in [0.1, 0.15) is 11.3 Å². The van der Waals surface area contributed by atoms with Crippen LogP contribution < -0.4 is 10.6 Å². The molecule has 2 aromatic heterocycles. The van der Waals surface area contributed by atoms with E-state index in [0.29, 0.717) is 22.8 Å². The number of benzene rings is 2. The molecule has 28 heavy (non-hydrogen) atoms. The minimum absolute atomic E-state index is 0.123. The van der Waals surface area contributed by atoms with Gasteiger partial charge in [-0.1, -0.05) is 41.6 Å². The van der Waals surface area contributed by atoms with E-state index in [9.17, 15) is 9.59 Å². The number of fused-ring (bicyclic) bond motifs is 1. The van der Waals surface area contributed by atoms with Crippen molar-refractivity contribution in [2.24, 2.45) is 0 Å². The second kappa shape index (κ2) is 7.79. The van der Waals surface area contributed by atoms with Crippen molar-refractivity contribution < 1.29 is 18.5 Å². The van der Waals surface area contributed by atoms with E-state index in [1.807, 2.05) is 36.4 Å². The molecule has 0 aliphatic rings. The number of nitrogens with one attached hydrogen (secondary N) is 2. The summed E-state index contributed by atoms with van der Waals surface area (Å²) in [6.45, 7) is 0.0613. The molecule has 0 fully saturated rings.